The molecule has 1 aliphatic heterocycles. The summed E-state index contributed by atoms with van der Waals surface area (Å²) < 4.78 is 5.22. The van der Waals surface area contributed by atoms with Crippen LogP contribution in [-0.4, -0.2) is 47.7 Å². The van der Waals surface area contributed by atoms with Crippen LogP contribution < -0.4 is 0 Å². The minimum Gasteiger partial charge on any atom is -0.481 e. The molecule has 1 aliphatic rings. The van der Waals surface area contributed by atoms with Gasteiger partial charge in [0.05, 0.1) is 25.6 Å². The van der Waals surface area contributed by atoms with E-state index < -0.39 is 12.1 Å². The molecule has 0 spiro atoms. The minimum absolute atomic E-state index is 0.0553. The molecular weight excluding hydrogens is 198 g/mol. The van der Waals surface area contributed by atoms with Crippen LogP contribution in [0.5, 0.6) is 0 Å². The van der Waals surface area contributed by atoms with Crippen LogP contribution in [0.4, 0.5) is 0 Å². The number of rotatable bonds is 3. The number of morpholine rings is 1. The summed E-state index contributed by atoms with van der Waals surface area (Å²) in [6.45, 7) is 1.16. The van der Waals surface area contributed by atoms with Crippen molar-refractivity contribution in [1.82, 2.24) is 4.90 Å². The van der Waals surface area contributed by atoms with Crippen LogP contribution >= 0.6 is 0 Å². The number of amides is 1. The van der Waals surface area contributed by atoms with Gasteiger partial charge in [-0.25, -0.2) is 0 Å². The van der Waals surface area contributed by atoms with Gasteiger partial charge in [-0.15, -0.1) is 6.42 Å². The predicted molar refractivity (Wildman–Crippen MR) is 52.0 cm³/mol. The van der Waals surface area contributed by atoms with Crippen molar-refractivity contribution < 1.29 is 19.4 Å². The first kappa shape index (κ1) is 11.5. The number of carboxylic acids is 1. The molecule has 0 aromatic rings. The minimum atomic E-state index is -0.925. The Hall–Kier alpha value is -1.54. The zero-order valence-corrected chi connectivity index (χ0v) is 8.31. The summed E-state index contributed by atoms with van der Waals surface area (Å²) in [5.74, 6) is 1.20. The second kappa shape index (κ2) is 5.37. The van der Waals surface area contributed by atoms with Crippen molar-refractivity contribution in [3.05, 3.63) is 0 Å². The first-order valence-electron chi connectivity index (χ1n) is 4.68. The highest BCUT2D eigenvalue weighted by Gasteiger charge is 2.25. The summed E-state index contributed by atoms with van der Waals surface area (Å²) in [5, 5.41) is 8.58. The maximum atomic E-state index is 11.4. The SMILES string of the molecule is C#CCC(=O)N1CCOC(CC(=O)O)C1. The Morgan fingerprint density at radius 3 is 2.93 bits per heavy atom. The van der Waals surface area contributed by atoms with Gasteiger partial charge in [-0.05, 0) is 0 Å². The fraction of sp³-hybridized carbons (Fsp3) is 0.600. The molecule has 0 saturated carbocycles. The van der Waals surface area contributed by atoms with Gasteiger partial charge in [-0.1, -0.05) is 5.92 Å². The molecule has 1 unspecified atom stereocenters. The van der Waals surface area contributed by atoms with Crippen molar-refractivity contribution in [2.45, 2.75) is 18.9 Å². The van der Waals surface area contributed by atoms with Gasteiger partial charge in [0.15, 0.2) is 0 Å². The molecule has 1 amide bonds. The van der Waals surface area contributed by atoms with Gasteiger partial charge in [-0.2, -0.15) is 0 Å². The number of carboxylic acid groups (broad SMARTS) is 1. The molecule has 0 aromatic heterocycles. The van der Waals surface area contributed by atoms with Gasteiger partial charge in [0.1, 0.15) is 0 Å². The van der Waals surface area contributed by atoms with Crippen LogP contribution in [0.25, 0.3) is 0 Å². The second-order valence-corrected chi connectivity index (χ2v) is 3.31. The Balaban J connectivity index is 2.45. The Kier molecular flexibility index (Phi) is 4.13. The third kappa shape index (κ3) is 3.60. The third-order valence-corrected chi connectivity index (χ3v) is 2.15. The number of terminal acetylenes is 1. The number of hydrogen-bond donors (Lipinski definition) is 1. The average Bonchev–Trinajstić information content (AvgIpc) is 2.17. The van der Waals surface area contributed by atoms with Crippen molar-refractivity contribution in [2.24, 2.45) is 0 Å². The fourth-order valence-corrected chi connectivity index (χ4v) is 1.46. The predicted octanol–water partition coefficient (Wildman–Crippen LogP) is -0.288. The Labute approximate surface area is 88.0 Å². The molecule has 1 saturated heterocycles. The van der Waals surface area contributed by atoms with E-state index in [2.05, 4.69) is 5.92 Å². The summed E-state index contributed by atoms with van der Waals surface area (Å²) in [5.41, 5.74) is 0. The zero-order valence-electron chi connectivity index (χ0n) is 8.31. The molecule has 15 heavy (non-hydrogen) atoms. The maximum Gasteiger partial charge on any atom is 0.306 e. The van der Waals surface area contributed by atoms with E-state index in [0.717, 1.165) is 0 Å². The molecule has 0 bridgehead atoms. The lowest BCUT2D eigenvalue weighted by Gasteiger charge is -2.31. The molecule has 1 heterocycles. The molecule has 5 nitrogen and oxygen atoms in total. The van der Waals surface area contributed by atoms with Gasteiger partial charge in [0, 0.05) is 13.1 Å². The van der Waals surface area contributed by atoms with Crippen molar-refractivity contribution in [2.75, 3.05) is 19.7 Å². The van der Waals surface area contributed by atoms with Crippen LogP contribution in [0.1, 0.15) is 12.8 Å². The molecule has 0 aliphatic carbocycles. The molecule has 0 radical (unpaired) electrons. The lowest BCUT2D eigenvalue weighted by Crippen LogP contribution is -2.46. The van der Waals surface area contributed by atoms with E-state index in [9.17, 15) is 9.59 Å². The van der Waals surface area contributed by atoms with Gasteiger partial charge >= 0.3 is 5.97 Å². The normalized spacial score (nSPS) is 20.7. The highest BCUT2D eigenvalue weighted by atomic mass is 16.5. The average molecular weight is 211 g/mol. The van der Waals surface area contributed by atoms with Crippen molar-refractivity contribution in [1.29, 1.82) is 0 Å². The largest absolute Gasteiger partial charge is 0.481 e. The van der Waals surface area contributed by atoms with Gasteiger partial charge in [0.25, 0.3) is 0 Å². The molecule has 0 aromatic carbocycles. The van der Waals surface area contributed by atoms with E-state index in [1.807, 2.05) is 0 Å². The van der Waals surface area contributed by atoms with Gasteiger partial charge in [0.2, 0.25) is 5.91 Å². The van der Waals surface area contributed by atoms with E-state index in [4.69, 9.17) is 16.3 Å². The van der Waals surface area contributed by atoms with Gasteiger partial charge in [-0.3, -0.25) is 9.59 Å². The van der Waals surface area contributed by atoms with E-state index >= 15 is 0 Å². The molecule has 1 N–H and O–H groups in total. The summed E-state index contributed by atoms with van der Waals surface area (Å²) in [6, 6.07) is 0. The molecule has 1 rings (SSSR count). The zero-order chi connectivity index (χ0) is 11.3. The summed E-state index contributed by atoms with van der Waals surface area (Å²) in [6.07, 6.45) is 4.58. The molecule has 1 atom stereocenters. The van der Waals surface area contributed by atoms with Gasteiger partial charge < -0.3 is 14.7 Å². The Morgan fingerprint density at radius 2 is 2.33 bits per heavy atom. The lowest BCUT2D eigenvalue weighted by molar-refractivity contribution is -0.147. The highest BCUT2D eigenvalue weighted by molar-refractivity contribution is 5.78. The molecule has 82 valence electrons. The molecular formula is C10H13NO4. The number of carbonyl (C=O) groups excluding carboxylic acids is 1. The van der Waals surface area contributed by atoms with Crippen LogP contribution in [0, 0.1) is 12.3 Å². The van der Waals surface area contributed by atoms with E-state index in [0.29, 0.717) is 19.7 Å². The van der Waals surface area contributed by atoms with Crippen LogP contribution in [0.3, 0.4) is 0 Å². The maximum absolute atomic E-state index is 11.4. The number of carbonyl (C=O) groups is 2. The summed E-state index contributed by atoms with van der Waals surface area (Å²) >= 11 is 0. The third-order valence-electron chi connectivity index (χ3n) is 2.15. The van der Waals surface area contributed by atoms with Crippen LogP contribution in [0.15, 0.2) is 0 Å². The first-order valence-corrected chi connectivity index (χ1v) is 4.68. The number of nitrogens with zero attached hydrogens (tertiary/aromatic N) is 1. The number of hydrogen-bond acceptors (Lipinski definition) is 3. The lowest BCUT2D eigenvalue weighted by atomic mass is 10.2. The first-order chi connectivity index (χ1) is 7.13. The van der Waals surface area contributed by atoms with Crippen LogP contribution in [0.2, 0.25) is 0 Å². The topological polar surface area (TPSA) is 66.8 Å². The van der Waals surface area contributed by atoms with E-state index in [1.54, 1.807) is 4.90 Å². The van der Waals surface area contributed by atoms with Crippen molar-refractivity contribution >= 4 is 11.9 Å². The quantitative estimate of drug-likeness (QED) is 0.651. The summed E-state index contributed by atoms with van der Waals surface area (Å²) in [4.78, 5) is 23.4. The monoisotopic (exact) mass is 211 g/mol. The number of aliphatic carboxylic acids is 1. The summed E-state index contributed by atoms with van der Waals surface area (Å²) in [7, 11) is 0. The fourth-order valence-electron chi connectivity index (χ4n) is 1.46. The Bertz CT molecular complexity index is 294. The molecule has 5 heteroatoms. The van der Waals surface area contributed by atoms with Crippen molar-refractivity contribution in [3.8, 4) is 12.3 Å². The standard InChI is InChI=1S/C10H13NO4/c1-2-3-9(12)11-4-5-15-8(7-11)6-10(13)14/h1,8H,3-7H2,(H,13,14). The van der Waals surface area contributed by atoms with E-state index in [1.165, 1.54) is 0 Å². The Morgan fingerprint density at radius 1 is 1.60 bits per heavy atom. The molecule has 1 fully saturated rings. The van der Waals surface area contributed by atoms with Crippen molar-refractivity contribution in [3.63, 3.8) is 0 Å². The van der Waals surface area contributed by atoms with E-state index in [-0.39, 0.29) is 18.7 Å². The smallest absolute Gasteiger partial charge is 0.306 e. The van der Waals surface area contributed by atoms with Crippen LogP contribution in [-0.2, 0) is 14.3 Å². The number of ether oxygens (including phenoxy) is 1. The highest BCUT2D eigenvalue weighted by Crippen LogP contribution is 2.09. The second-order valence-electron chi connectivity index (χ2n) is 3.31.